The van der Waals surface area contributed by atoms with E-state index in [0.717, 1.165) is 0 Å². The molecular weight excluding hydrogens is 368 g/mol. The minimum Gasteiger partial charge on any atom is -0.480 e. The molecule has 1 heterocycles. The number of carbonyl (C=O) groups excluding carboxylic acids is 1. The first-order valence-electron chi connectivity index (χ1n) is 8.56. The van der Waals surface area contributed by atoms with E-state index in [4.69, 9.17) is 0 Å². The summed E-state index contributed by atoms with van der Waals surface area (Å²) in [5, 5.41) is 12.1. The second-order valence-electron chi connectivity index (χ2n) is 6.25. The Kier molecular flexibility index (Phi) is 5.46. The number of carboxylic acids is 1. The van der Waals surface area contributed by atoms with Crippen LogP contribution in [0, 0.1) is 0 Å². The molecule has 0 spiro atoms. The van der Waals surface area contributed by atoms with Gasteiger partial charge in [0.1, 0.15) is 6.04 Å². The smallest absolute Gasteiger partial charge is 0.326 e. The summed E-state index contributed by atoms with van der Waals surface area (Å²) in [5.74, 6) is -1.39. The summed E-state index contributed by atoms with van der Waals surface area (Å²) in [6, 6.07) is 13.6. The van der Waals surface area contributed by atoms with Crippen LogP contribution in [0.3, 0.4) is 0 Å². The van der Waals surface area contributed by atoms with Crippen LogP contribution < -0.4 is 5.32 Å². The van der Waals surface area contributed by atoms with Gasteiger partial charge in [0.2, 0.25) is 15.7 Å². The van der Waals surface area contributed by atoms with Gasteiger partial charge in [-0.25, -0.2) is 13.2 Å². The quantitative estimate of drug-likeness (QED) is 0.785. The molecule has 27 heavy (non-hydrogen) atoms. The Morgan fingerprint density at radius 3 is 2.44 bits per heavy atom. The number of sulfone groups is 1. The number of carboxylic acid groups (broad SMARTS) is 1. The summed E-state index contributed by atoms with van der Waals surface area (Å²) in [4.78, 5) is 25.2. The lowest BCUT2D eigenvalue weighted by molar-refractivity contribution is -0.147. The average molecular weight is 388 g/mol. The number of nitrogens with one attached hydrogen (secondary N) is 1. The predicted octanol–water partition coefficient (Wildman–Crippen LogP) is 2.01. The second-order valence-corrected chi connectivity index (χ2v) is 8.17. The van der Waals surface area contributed by atoms with E-state index < -0.39 is 21.8 Å². The van der Waals surface area contributed by atoms with Crippen molar-refractivity contribution in [1.82, 2.24) is 4.90 Å². The summed E-state index contributed by atoms with van der Waals surface area (Å²) >= 11 is 0. The van der Waals surface area contributed by atoms with Crippen LogP contribution in [-0.2, 0) is 19.4 Å². The van der Waals surface area contributed by atoms with Crippen LogP contribution in [0.5, 0.6) is 0 Å². The van der Waals surface area contributed by atoms with Crippen LogP contribution in [0.2, 0.25) is 0 Å². The van der Waals surface area contributed by atoms with E-state index in [0.29, 0.717) is 25.1 Å². The van der Waals surface area contributed by atoms with Gasteiger partial charge in [-0.05, 0) is 37.1 Å². The minimum absolute atomic E-state index is 0.0696. The molecule has 3 rings (SSSR count). The van der Waals surface area contributed by atoms with E-state index in [1.807, 2.05) is 0 Å². The van der Waals surface area contributed by atoms with E-state index in [1.165, 1.54) is 23.1 Å². The first-order valence-corrected chi connectivity index (χ1v) is 10.0. The molecule has 7 nitrogen and oxygen atoms in total. The van der Waals surface area contributed by atoms with Crippen molar-refractivity contribution in [3.05, 3.63) is 54.6 Å². The van der Waals surface area contributed by atoms with Gasteiger partial charge >= 0.3 is 5.97 Å². The predicted molar refractivity (Wildman–Crippen MR) is 99.2 cm³/mol. The largest absolute Gasteiger partial charge is 0.480 e. The van der Waals surface area contributed by atoms with Crippen molar-refractivity contribution < 1.29 is 23.1 Å². The maximum Gasteiger partial charge on any atom is 0.326 e. The van der Waals surface area contributed by atoms with Crippen LogP contribution in [0.1, 0.15) is 12.8 Å². The van der Waals surface area contributed by atoms with Crippen LogP contribution in [-0.4, -0.2) is 49.4 Å². The van der Waals surface area contributed by atoms with E-state index in [2.05, 4.69) is 5.32 Å². The van der Waals surface area contributed by atoms with Crippen molar-refractivity contribution >= 4 is 27.4 Å². The average Bonchev–Trinajstić information content (AvgIpc) is 3.17. The summed E-state index contributed by atoms with van der Waals surface area (Å²) < 4.78 is 25.8. The number of amides is 1. The summed E-state index contributed by atoms with van der Waals surface area (Å²) in [6.07, 6.45) is 1.07. The highest BCUT2D eigenvalue weighted by Gasteiger charge is 2.33. The fourth-order valence-electron chi connectivity index (χ4n) is 3.17. The maximum atomic E-state index is 12.9. The van der Waals surface area contributed by atoms with Crippen LogP contribution in [0.25, 0.3) is 0 Å². The molecule has 0 aromatic heterocycles. The molecule has 1 amide bonds. The number of nitrogens with zero attached hydrogens (tertiary/aromatic N) is 1. The van der Waals surface area contributed by atoms with Crippen molar-refractivity contribution in [1.29, 1.82) is 0 Å². The van der Waals surface area contributed by atoms with E-state index >= 15 is 0 Å². The highest BCUT2D eigenvalue weighted by atomic mass is 32.2. The lowest BCUT2D eigenvalue weighted by Crippen LogP contribution is -2.43. The Labute approximate surface area is 157 Å². The Morgan fingerprint density at radius 2 is 1.74 bits per heavy atom. The number of aliphatic carboxylic acids is 1. The number of para-hydroxylation sites is 1. The van der Waals surface area contributed by atoms with Crippen LogP contribution in [0.15, 0.2) is 64.4 Å². The fraction of sp³-hybridized carbons (Fsp3) is 0.263. The number of hydrogen-bond donors (Lipinski definition) is 2. The number of hydrogen-bond acceptors (Lipinski definition) is 5. The Hall–Kier alpha value is -2.87. The molecule has 1 aliphatic rings. The van der Waals surface area contributed by atoms with Crippen LogP contribution in [0.4, 0.5) is 5.69 Å². The van der Waals surface area contributed by atoms with Crippen molar-refractivity contribution in [2.45, 2.75) is 28.7 Å². The summed E-state index contributed by atoms with van der Waals surface area (Å²) in [6.45, 7) is 0.215. The maximum absolute atomic E-state index is 12.9. The third-order valence-electron chi connectivity index (χ3n) is 4.52. The summed E-state index contributed by atoms with van der Waals surface area (Å²) in [5.41, 5.74) is 0.306. The molecule has 0 bridgehead atoms. The van der Waals surface area contributed by atoms with Gasteiger partial charge in [-0.15, -0.1) is 0 Å². The molecule has 1 fully saturated rings. The summed E-state index contributed by atoms with van der Waals surface area (Å²) in [7, 11) is -3.74. The number of likely N-dealkylation sites (tertiary alicyclic amines) is 1. The molecule has 0 radical (unpaired) electrons. The molecule has 2 aromatic carbocycles. The molecule has 2 aromatic rings. The standard InChI is InChI=1S/C19H20N2O5S/c22-18(21-12-6-10-16(21)19(23)24)13-20-15-9-4-5-11-17(15)27(25,26)14-7-2-1-3-8-14/h1-5,7-9,11,16,20H,6,10,12-13H2,(H,23,24)/t16-/m0/s1. The van der Waals surface area contributed by atoms with Gasteiger partial charge in [-0.3, -0.25) is 4.79 Å². The first-order chi connectivity index (χ1) is 12.9. The SMILES string of the molecule is O=C(O)[C@@H]1CCCN1C(=O)CNc1ccccc1S(=O)(=O)c1ccccc1. The highest BCUT2D eigenvalue weighted by molar-refractivity contribution is 7.91. The zero-order valence-electron chi connectivity index (χ0n) is 14.5. The normalized spacial score (nSPS) is 16.9. The fourth-order valence-corrected chi connectivity index (χ4v) is 4.62. The zero-order chi connectivity index (χ0) is 19.4. The van der Waals surface area contributed by atoms with Gasteiger partial charge < -0.3 is 15.3 Å². The van der Waals surface area contributed by atoms with Gasteiger partial charge in [0.25, 0.3) is 0 Å². The van der Waals surface area contributed by atoms with Gasteiger partial charge in [0.15, 0.2) is 0 Å². The molecule has 1 atom stereocenters. The Balaban J connectivity index is 1.79. The molecule has 142 valence electrons. The topological polar surface area (TPSA) is 104 Å². The van der Waals surface area contributed by atoms with Gasteiger partial charge in [0.05, 0.1) is 22.0 Å². The second kappa shape index (κ2) is 7.79. The van der Waals surface area contributed by atoms with E-state index in [-0.39, 0.29) is 22.2 Å². The molecule has 0 unspecified atom stereocenters. The lowest BCUT2D eigenvalue weighted by atomic mass is 10.2. The lowest BCUT2D eigenvalue weighted by Gasteiger charge is -2.22. The zero-order valence-corrected chi connectivity index (χ0v) is 15.4. The number of rotatable bonds is 6. The first kappa shape index (κ1) is 18.9. The number of carbonyl (C=O) groups is 2. The molecule has 2 N–H and O–H groups in total. The molecule has 8 heteroatoms. The number of benzene rings is 2. The molecule has 0 saturated carbocycles. The molecule has 1 saturated heterocycles. The van der Waals surface area contributed by atoms with Gasteiger partial charge in [0, 0.05) is 6.54 Å². The third-order valence-corrected chi connectivity index (χ3v) is 6.35. The van der Waals surface area contributed by atoms with Crippen LogP contribution >= 0.6 is 0 Å². The van der Waals surface area contributed by atoms with Crippen molar-refractivity contribution in [2.24, 2.45) is 0 Å². The highest BCUT2D eigenvalue weighted by Crippen LogP contribution is 2.27. The monoisotopic (exact) mass is 388 g/mol. The van der Waals surface area contributed by atoms with Crippen molar-refractivity contribution in [3.8, 4) is 0 Å². The third kappa shape index (κ3) is 3.95. The number of anilines is 1. The Morgan fingerprint density at radius 1 is 1.07 bits per heavy atom. The molecular formula is C19H20N2O5S. The van der Waals surface area contributed by atoms with Crippen molar-refractivity contribution in [3.63, 3.8) is 0 Å². The molecule has 0 aliphatic carbocycles. The van der Waals surface area contributed by atoms with E-state index in [1.54, 1.807) is 36.4 Å². The van der Waals surface area contributed by atoms with Gasteiger partial charge in [-0.2, -0.15) is 0 Å². The minimum atomic E-state index is -3.74. The van der Waals surface area contributed by atoms with E-state index in [9.17, 15) is 23.1 Å². The Bertz CT molecular complexity index is 944. The van der Waals surface area contributed by atoms with Crippen molar-refractivity contribution in [2.75, 3.05) is 18.4 Å². The molecule has 1 aliphatic heterocycles. The van der Waals surface area contributed by atoms with Gasteiger partial charge in [-0.1, -0.05) is 30.3 Å².